The number of carbonyl (C=O) groups excluding carboxylic acids is 3. The normalized spacial score (nSPS) is 30.5. The lowest BCUT2D eigenvalue weighted by Gasteiger charge is -2.30. The maximum Gasteiger partial charge on any atom is 0.240 e. The largest absolute Gasteiger partial charge is 0.394 e. The highest BCUT2D eigenvalue weighted by Gasteiger charge is 2.60. The van der Waals surface area contributed by atoms with Gasteiger partial charge in [0.05, 0.1) is 13.0 Å². The van der Waals surface area contributed by atoms with Crippen LogP contribution in [-0.4, -0.2) is 73.4 Å². The number of Topliss-reactive ketones (excluding diaryl/α,β-unsaturated/α-hetero) is 3. The van der Waals surface area contributed by atoms with Crippen LogP contribution < -0.4 is 0 Å². The van der Waals surface area contributed by atoms with Crippen LogP contribution in [0.4, 0.5) is 0 Å². The van der Waals surface area contributed by atoms with Gasteiger partial charge < -0.3 is 25.5 Å². The Hall–Kier alpha value is -1.19. The van der Waals surface area contributed by atoms with Gasteiger partial charge in [-0.1, -0.05) is 0 Å². The summed E-state index contributed by atoms with van der Waals surface area (Å²) in [6, 6.07) is 0. The molecule has 0 aromatic heterocycles. The van der Waals surface area contributed by atoms with E-state index >= 15 is 0 Å². The highest BCUT2D eigenvalue weighted by atomic mass is 16.4. The number of carbonyl (C=O) groups is 3. The number of ketones is 3. The Labute approximate surface area is 95.1 Å². The van der Waals surface area contributed by atoms with Crippen LogP contribution in [0.15, 0.2) is 0 Å². The Morgan fingerprint density at radius 3 is 2.06 bits per heavy atom. The second-order valence-electron chi connectivity index (χ2n) is 3.80. The second kappa shape index (κ2) is 4.59. The van der Waals surface area contributed by atoms with E-state index in [1.807, 2.05) is 0 Å². The van der Waals surface area contributed by atoms with Crippen molar-refractivity contribution >= 4 is 17.3 Å². The molecule has 8 nitrogen and oxygen atoms in total. The van der Waals surface area contributed by atoms with Crippen molar-refractivity contribution in [3.63, 3.8) is 0 Å². The molecule has 1 rings (SSSR count). The Morgan fingerprint density at radius 1 is 1.18 bits per heavy atom. The first-order valence-corrected chi connectivity index (χ1v) is 4.75. The predicted molar refractivity (Wildman–Crippen MR) is 49.7 cm³/mol. The summed E-state index contributed by atoms with van der Waals surface area (Å²) >= 11 is 0. The Kier molecular flexibility index (Phi) is 3.74. The minimum absolute atomic E-state index is 0.867. The number of hydrogen-bond acceptors (Lipinski definition) is 8. The van der Waals surface area contributed by atoms with Crippen LogP contribution in [0.3, 0.4) is 0 Å². The van der Waals surface area contributed by atoms with Gasteiger partial charge in [0.2, 0.25) is 17.2 Å². The van der Waals surface area contributed by atoms with Gasteiger partial charge in [-0.15, -0.1) is 0 Å². The summed E-state index contributed by atoms with van der Waals surface area (Å²) in [6.07, 6.45) is -7.24. The lowest BCUT2D eigenvalue weighted by Crippen LogP contribution is -2.60. The van der Waals surface area contributed by atoms with Gasteiger partial charge in [-0.05, 0) is 0 Å². The molecule has 0 aromatic rings. The number of aliphatic hydroxyl groups excluding tert-OH is 4. The van der Waals surface area contributed by atoms with E-state index in [0.29, 0.717) is 0 Å². The molecule has 0 spiro atoms. The smallest absolute Gasteiger partial charge is 0.240 e. The van der Waals surface area contributed by atoms with Gasteiger partial charge in [0.25, 0.3) is 0 Å². The monoisotopic (exact) mass is 248 g/mol. The van der Waals surface area contributed by atoms with Gasteiger partial charge in [-0.25, -0.2) is 0 Å². The van der Waals surface area contributed by atoms with Crippen LogP contribution >= 0.6 is 0 Å². The van der Waals surface area contributed by atoms with Crippen molar-refractivity contribution < 1.29 is 39.9 Å². The molecular weight excluding hydrogens is 236 g/mol. The molecule has 1 saturated carbocycles. The minimum atomic E-state index is -3.05. The van der Waals surface area contributed by atoms with E-state index in [0.717, 1.165) is 0 Å². The van der Waals surface area contributed by atoms with Crippen molar-refractivity contribution in [3.8, 4) is 0 Å². The molecular formula is C9H12O8. The van der Waals surface area contributed by atoms with E-state index in [1.54, 1.807) is 0 Å². The molecule has 17 heavy (non-hydrogen) atoms. The standard InChI is InChI=1S/C9H12O8/c10-2-4(12)6(14)8(16)9(17)5(13)1-3(11)7(9)15/h4,6,8,10,12,14,16-17H,1-2H2/t4-,6-,8+,9+/m1/s1. The van der Waals surface area contributed by atoms with Gasteiger partial charge in [0, 0.05) is 0 Å². The van der Waals surface area contributed by atoms with Crippen molar-refractivity contribution in [3.05, 3.63) is 0 Å². The third kappa shape index (κ3) is 2.01. The van der Waals surface area contributed by atoms with E-state index in [9.17, 15) is 29.7 Å². The summed E-state index contributed by atoms with van der Waals surface area (Å²) in [5, 5.41) is 46.0. The van der Waals surface area contributed by atoms with E-state index < -0.39 is 54.3 Å². The Bertz CT molecular complexity index is 364. The van der Waals surface area contributed by atoms with Gasteiger partial charge in [-0.2, -0.15) is 0 Å². The van der Waals surface area contributed by atoms with Crippen molar-refractivity contribution in [2.45, 2.75) is 30.3 Å². The zero-order valence-electron chi connectivity index (χ0n) is 8.61. The molecule has 8 heteroatoms. The number of hydrogen-bond donors (Lipinski definition) is 5. The topological polar surface area (TPSA) is 152 Å². The van der Waals surface area contributed by atoms with Gasteiger partial charge >= 0.3 is 0 Å². The Balaban J connectivity index is 3.02. The summed E-state index contributed by atoms with van der Waals surface area (Å²) in [4.78, 5) is 33.5. The molecule has 0 radical (unpaired) electrons. The highest BCUT2D eigenvalue weighted by molar-refractivity contribution is 6.53. The average Bonchev–Trinajstić information content (AvgIpc) is 2.51. The van der Waals surface area contributed by atoms with Crippen LogP contribution in [0.2, 0.25) is 0 Å². The number of rotatable bonds is 4. The lowest BCUT2D eigenvalue weighted by atomic mass is 9.87. The number of aliphatic hydroxyl groups is 5. The van der Waals surface area contributed by atoms with Crippen LogP contribution in [0.25, 0.3) is 0 Å². The molecule has 0 bridgehead atoms. The third-order valence-electron chi connectivity index (χ3n) is 2.68. The van der Waals surface area contributed by atoms with Crippen LogP contribution in [0.5, 0.6) is 0 Å². The molecule has 0 aliphatic heterocycles. The molecule has 0 unspecified atom stereocenters. The third-order valence-corrected chi connectivity index (χ3v) is 2.68. The minimum Gasteiger partial charge on any atom is -0.394 e. The van der Waals surface area contributed by atoms with E-state index in [4.69, 9.17) is 10.2 Å². The SMILES string of the molecule is O=C1CC(=O)[C@@](O)([C@@H](O)[C@H](O)[C@H](O)CO)C1=O. The second-order valence-corrected chi connectivity index (χ2v) is 3.80. The molecule has 0 aromatic carbocycles. The predicted octanol–water partition coefficient (Wildman–Crippen LogP) is -4.10. The van der Waals surface area contributed by atoms with Crippen molar-refractivity contribution in [2.24, 2.45) is 0 Å². The first-order valence-electron chi connectivity index (χ1n) is 4.75. The fourth-order valence-electron chi connectivity index (χ4n) is 1.56. The molecule has 0 saturated heterocycles. The molecule has 0 amide bonds. The summed E-state index contributed by atoms with van der Waals surface area (Å²) in [7, 11) is 0. The average molecular weight is 248 g/mol. The fourth-order valence-corrected chi connectivity index (χ4v) is 1.56. The molecule has 1 aliphatic rings. The van der Waals surface area contributed by atoms with Crippen LogP contribution in [0.1, 0.15) is 6.42 Å². The molecule has 96 valence electrons. The summed E-state index contributed by atoms with van der Waals surface area (Å²) in [6.45, 7) is -0.954. The zero-order chi connectivity index (χ0) is 13.4. The van der Waals surface area contributed by atoms with E-state index in [2.05, 4.69) is 0 Å². The quantitative estimate of drug-likeness (QED) is 0.248. The van der Waals surface area contributed by atoms with Crippen molar-refractivity contribution in [1.82, 2.24) is 0 Å². The molecule has 4 atom stereocenters. The van der Waals surface area contributed by atoms with Crippen molar-refractivity contribution in [1.29, 1.82) is 0 Å². The van der Waals surface area contributed by atoms with Crippen LogP contribution in [0, 0.1) is 0 Å². The summed E-state index contributed by atoms with van der Waals surface area (Å²) < 4.78 is 0. The highest BCUT2D eigenvalue weighted by Crippen LogP contribution is 2.26. The van der Waals surface area contributed by atoms with Gasteiger partial charge in [0.1, 0.15) is 18.3 Å². The van der Waals surface area contributed by atoms with E-state index in [1.165, 1.54) is 0 Å². The van der Waals surface area contributed by atoms with Crippen LogP contribution in [-0.2, 0) is 14.4 Å². The van der Waals surface area contributed by atoms with Gasteiger partial charge in [0.15, 0.2) is 5.78 Å². The summed E-state index contributed by atoms with van der Waals surface area (Å²) in [5.41, 5.74) is -3.05. The summed E-state index contributed by atoms with van der Waals surface area (Å²) in [5.74, 6) is -3.95. The van der Waals surface area contributed by atoms with Crippen molar-refractivity contribution in [2.75, 3.05) is 6.61 Å². The maximum atomic E-state index is 11.3. The molecule has 1 aliphatic carbocycles. The Morgan fingerprint density at radius 2 is 1.71 bits per heavy atom. The van der Waals surface area contributed by atoms with E-state index in [-0.39, 0.29) is 0 Å². The fraction of sp³-hybridized carbons (Fsp3) is 0.667. The molecule has 0 heterocycles. The first-order chi connectivity index (χ1) is 7.76. The zero-order valence-corrected chi connectivity index (χ0v) is 8.61. The van der Waals surface area contributed by atoms with Gasteiger partial charge in [-0.3, -0.25) is 14.4 Å². The lowest BCUT2D eigenvalue weighted by molar-refractivity contribution is -0.176. The molecule has 5 N–H and O–H groups in total. The first kappa shape index (κ1) is 13.9. The maximum absolute atomic E-state index is 11.3. The molecule has 1 fully saturated rings.